The molecule has 1 unspecified atom stereocenters. The van der Waals surface area contributed by atoms with Crippen molar-refractivity contribution < 1.29 is 9.53 Å². The SMILES string of the molecule is CCC(N)Cc1cc(C)c(OCC(=O)N(C)CC)c(C)c1. The van der Waals surface area contributed by atoms with Gasteiger partial charge >= 0.3 is 0 Å². The highest BCUT2D eigenvalue weighted by atomic mass is 16.5. The molecule has 118 valence electrons. The quantitative estimate of drug-likeness (QED) is 0.840. The minimum absolute atomic E-state index is 0.00613. The van der Waals surface area contributed by atoms with Crippen LogP contribution in [0, 0.1) is 13.8 Å². The van der Waals surface area contributed by atoms with E-state index in [0.29, 0.717) is 6.54 Å². The molecule has 0 saturated carbocycles. The van der Waals surface area contributed by atoms with Crippen molar-refractivity contribution in [2.24, 2.45) is 5.73 Å². The third kappa shape index (κ3) is 5.05. The lowest BCUT2D eigenvalue weighted by molar-refractivity contribution is -0.131. The highest BCUT2D eigenvalue weighted by molar-refractivity contribution is 5.77. The largest absolute Gasteiger partial charge is 0.483 e. The molecule has 1 aromatic carbocycles. The van der Waals surface area contributed by atoms with Crippen LogP contribution in [0.1, 0.15) is 37.0 Å². The zero-order valence-electron chi connectivity index (χ0n) is 13.9. The van der Waals surface area contributed by atoms with Crippen molar-refractivity contribution >= 4 is 5.91 Å². The Morgan fingerprint density at radius 3 is 2.33 bits per heavy atom. The molecule has 0 radical (unpaired) electrons. The number of nitrogens with zero attached hydrogens (tertiary/aromatic N) is 1. The summed E-state index contributed by atoms with van der Waals surface area (Å²) in [7, 11) is 1.78. The van der Waals surface area contributed by atoms with Gasteiger partial charge in [-0.05, 0) is 50.3 Å². The molecule has 1 atom stereocenters. The molecule has 0 heterocycles. The van der Waals surface area contributed by atoms with Gasteiger partial charge in [-0.25, -0.2) is 0 Å². The Morgan fingerprint density at radius 2 is 1.86 bits per heavy atom. The van der Waals surface area contributed by atoms with Crippen LogP contribution in [0.3, 0.4) is 0 Å². The molecular formula is C17H28N2O2. The molecule has 0 aliphatic rings. The first-order chi connectivity index (χ1) is 9.88. The predicted molar refractivity (Wildman–Crippen MR) is 86.7 cm³/mol. The van der Waals surface area contributed by atoms with E-state index in [9.17, 15) is 4.79 Å². The number of hydrogen-bond acceptors (Lipinski definition) is 3. The van der Waals surface area contributed by atoms with Crippen LogP contribution in [0.25, 0.3) is 0 Å². The smallest absolute Gasteiger partial charge is 0.260 e. The highest BCUT2D eigenvalue weighted by Crippen LogP contribution is 2.25. The third-order valence-corrected chi connectivity index (χ3v) is 3.78. The van der Waals surface area contributed by atoms with Gasteiger partial charge in [0.2, 0.25) is 0 Å². The summed E-state index contributed by atoms with van der Waals surface area (Å²) in [5, 5.41) is 0. The van der Waals surface area contributed by atoms with Gasteiger partial charge < -0.3 is 15.4 Å². The molecule has 0 spiro atoms. The van der Waals surface area contributed by atoms with Gasteiger partial charge in [-0.15, -0.1) is 0 Å². The molecule has 4 nitrogen and oxygen atoms in total. The summed E-state index contributed by atoms with van der Waals surface area (Å²) in [4.78, 5) is 13.5. The van der Waals surface area contributed by atoms with Gasteiger partial charge in [-0.1, -0.05) is 19.1 Å². The number of nitrogens with two attached hydrogens (primary N) is 1. The molecule has 21 heavy (non-hydrogen) atoms. The van der Waals surface area contributed by atoms with Crippen LogP contribution < -0.4 is 10.5 Å². The minimum Gasteiger partial charge on any atom is -0.483 e. The average Bonchev–Trinajstić information content (AvgIpc) is 2.44. The maximum atomic E-state index is 11.8. The topological polar surface area (TPSA) is 55.6 Å². The average molecular weight is 292 g/mol. The van der Waals surface area contributed by atoms with Gasteiger partial charge in [0.15, 0.2) is 6.61 Å². The van der Waals surface area contributed by atoms with Crippen molar-refractivity contribution in [3.63, 3.8) is 0 Å². The zero-order valence-corrected chi connectivity index (χ0v) is 13.9. The van der Waals surface area contributed by atoms with Gasteiger partial charge in [0.25, 0.3) is 5.91 Å². The maximum Gasteiger partial charge on any atom is 0.260 e. The first-order valence-electron chi connectivity index (χ1n) is 7.61. The molecule has 1 amide bonds. The van der Waals surface area contributed by atoms with E-state index >= 15 is 0 Å². The summed E-state index contributed by atoms with van der Waals surface area (Å²) in [5.74, 6) is 0.801. The van der Waals surface area contributed by atoms with Crippen molar-refractivity contribution in [1.29, 1.82) is 0 Å². The Kier molecular flexibility index (Phi) is 6.69. The van der Waals surface area contributed by atoms with Gasteiger partial charge in [0.1, 0.15) is 5.75 Å². The van der Waals surface area contributed by atoms with Crippen LogP contribution in [-0.4, -0.2) is 37.0 Å². The van der Waals surface area contributed by atoms with E-state index in [1.54, 1.807) is 11.9 Å². The minimum atomic E-state index is -0.00613. The first kappa shape index (κ1) is 17.5. The summed E-state index contributed by atoms with van der Waals surface area (Å²) in [6, 6.07) is 4.40. The van der Waals surface area contributed by atoms with Gasteiger partial charge in [0, 0.05) is 19.6 Å². The summed E-state index contributed by atoms with van der Waals surface area (Å²) in [5.41, 5.74) is 9.35. The van der Waals surface area contributed by atoms with Gasteiger partial charge in [0.05, 0.1) is 0 Å². The summed E-state index contributed by atoms with van der Waals surface area (Å²) < 4.78 is 5.72. The number of likely N-dealkylation sites (N-methyl/N-ethyl adjacent to an activating group) is 1. The van der Waals surface area contributed by atoms with E-state index in [1.165, 1.54) is 5.56 Å². The summed E-state index contributed by atoms with van der Waals surface area (Å²) in [6.07, 6.45) is 1.84. The Labute approximate surface area is 128 Å². The van der Waals surface area contributed by atoms with Crippen molar-refractivity contribution in [2.75, 3.05) is 20.2 Å². The van der Waals surface area contributed by atoms with Crippen molar-refractivity contribution in [3.8, 4) is 5.75 Å². The number of carbonyl (C=O) groups is 1. The fourth-order valence-electron chi connectivity index (χ4n) is 2.25. The Balaban J connectivity index is 2.78. The molecule has 2 N–H and O–H groups in total. The number of ether oxygens (including phenoxy) is 1. The van der Waals surface area contributed by atoms with Crippen molar-refractivity contribution in [1.82, 2.24) is 4.90 Å². The number of benzene rings is 1. The van der Waals surface area contributed by atoms with Crippen LogP contribution >= 0.6 is 0 Å². The lowest BCUT2D eigenvalue weighted by Crippen LogP contribution is -2.31. The lowest BCUT2D eigenvalue weighted by Gasteiger charge is -2.18. The fourth-order valence-corrected chi connectivity index (χ4v) is 2.25. The molecule has 0 aliphatic carbocycles. The monoisotopic (exact) mass is 292 g/mol. The Bertz CT molecular complexity index is 463. The van der Waals surface area contributed by atoms with E-state index in [0.717, 1.165) is 29.7 Å². The number of carbonyl (C=O) groups excluding carboxylic acids is 1. The van der Waals surface area contributed by atoms with E-state index in [-0.39, 0.29) is 18.6 Å². The molecule has 1 rings (SSSR count). The second-order valence-electron chi connectivity index (χ2n) is 5.63. The van der Waals surface area contributed by atoms with Crippen LogP contribution in [0.5, 0.6) is 5.75 Å². The highest BCUT2D eigenvalue weighted by Gasteiger charge is 2.12. The number of amides is 1. The van der Waals surface area contributed by atoms with Crippen molar-refractivity contribution in [2.45, 2.75) is 46.6 Å². The molecule has 0 fully saturated rings. The summed E-state index contributed by atoms with van der Waals surface area (Å²) >= 11 is 0. The standard InChI is InChI=1S/C17H28N2O2/c1-6-15(18)10-14-8-12(3)17(13(4)9-14)21-11-16(20)19(5)7-2/h8-9,15H,6-7,10-11,18H2,1-5H3. The molecule has 0 aromatic heterocycles. The van der Waals surface area contributed by atoms with Crippen LogP contribution in [0.4, 0.5) is 0 Å². The number of aryl methyl sites for hydroxylation is 2. The second kappa shape index (κ2) is 8.03. The number of rotatable bonds is 7. The molecule has 0 bridgehead atoms. The Hall–Kier alpha value is -1.55. The van der Waals surface area contributed by atoms with Crippen molar-refractivity contribution in [3.05, 3.63) is 28.8 Å². The van der Waals surface area contributed by atoms with E-state index < -0.39 is 0 Å². The molecular weight excluding hydrogens is 264 g/mol. The van der Waals surface area contributed by atoms with E-state index in [2.05, 4.69) is 19.1 Å². The van der Waals surface area contributed by atoms with Gasteiger partial charge in [-0.2, -0.15) is 0 Å². The lowest BCUT2D eigenvalue weighted by atomic mass is 9.99. The van der Waals surface area contributed by atoms with Gasteiger partial charge in [-0.3, -0.25) is 4.79 Å². The number of hydrogen-bond donors (Lipinski definition) is 1. The second-order valence-corrected chi connectivity index (χ2v) is 5.63. The normalized spacial score (nSPS) is 12.1. The van der Waals surface area contributed by atoms with Crippen LogP contribution in [-0.2, 0) is 11.2 Å². The van der Waals surface area contributed by atoms with Crippen LogP contribution in [0.15, 0.2) is 12.1 Å². The first-order valence-corrected chi connectivity index (χ1v) is 7.61. The molecule has 1 aromatic rings. The Morgan fingerprint density at radius 1 is 1.29 bits per heavy atom. The molecule has 0 saturated heterocycles. The predicted octanol–water partition coefficient (Wildman–Crippen LogP) is 2.44. The van der Waals surface area contributed by atoms with E-state index in [1.807, 2.05) is 20.8 Å². The third-order valence-electron chi connectivity index (χ3n) is 3.78. The maximum absolute atomic E-state index is 11.8. The summed E-state index contributed by atoms with van der Waals surface area (Å²) in [6.45, 7) is 8.83. The zero-order chi connectivity index (χ0) is 16.0. The fraction of sp³-hybridized carbons (Fsp3) is 0.588. The molecule has 4 heteroatoms. The van der Waals surface area contributed by atoms with Crippen LogP contribution in [0.2, 0.25) is 0 Å². The molecule has 0 aliphatic heterocycles. The van der Waals surface area contributed by atoms with E-state index in [4.69, 9.17) is 10.5 Å².